The molecule has 1 saturated carbocycles. The van der Waals surface area contributed by atoms with E-state index in [4.69, 9.17) is 14.2 Å². The summed E-state index contributed by atoms with van der Waals surface area (Å²) in [5.74, 6) is 3.35. The molecule has 1 aliphatic carbocycles. The standard InChI is InChI=1S/C24H25N3O2/c1-5-15-8-17(10-19(9-15)28-4)20-11-18(22-13(2)27-29-14(22)3)12-21-23(20)26-24(25-21)16-6-7-16/h8-12,16H,5-7H2,1-4H3,(H,25,26). The molecule has 5 nitrogen and oxygen atoms in total. The van der Waals surface area contributed by atoms with Gasteiger partial charge in [0.2, 0.25) is 0 Å². The predicted molar refractivity (Wildman–Crippen MR) is 114 cm³/mol. The summed E-state index contributed by atoms with van der Waals surface area (Å²) in [6, 6.07) is 10.8. The number of imidazole rings is 1. The maximum atomic E-state index is 5.57. The van der Waals surface area contributed by atoms with Crippen LogP contribution in [0.25, 0.3) is 33.3 Å². The second-order valence-electron chi connectivity index (χ2n) is 7.94. The summed E-state index contributed by atoms with van der Waals surface area (Å²) in [5, 5.41) is 4.15. The van der Waals surface area contributed by atoms with E-state index in [-0.39, 0.29) is 0 Å². The van der Waals surface area contributed by atoms with Crippen LogP contribution in [-0.2, 0) is 6.42 Å². The molecule has 2 aromatic carbocycles. The number of aryl methyl sites for hydroxylation is 3. The number of aromatic nitrogens is 3. The van der Waals surface area contributed by atoms with Crippen molar-refractivity contribution in [3.8, 4) is 28.0 Å². The highest BCUT2D eigenvalue weighted by Gasteiger charge is 2.28. The third-order valence-electron chi connectivity index (χ3n) is 5.81. The number of benzene rings is 2. The molecular weight excluding hydrogens is 362 g/mol. The smallest absolute Gasteiger partial charge is 0.141 e. The molecule has 0 amide bonds. The van der Waals surface area contributed by atoms with Crippen LogP contribution in [0.4, 0.5) is 0 Å². The molecule has 2 heterocycles. The van der Waals surface area contributed by atoms with Gasteiger partial charge in [0.25, 0.3) is 0 Å². The first kappa shape index (κ1) is 18.0. The number of nitrogens with zero attached hydrogens (tertiary/aromatic N) is 2. The van der Waals surface area contributed by atoms with Crippen molar-refractivity contribution in [3.05, 3.63) is 53.2 Å². The van der Waals surface area contributed by atoms with E-state index in [2.05, 4.69) is 47.4 Å². The molecule has 1 aliphatic rings. The minimum absolute atomic E-state index is 0.564. The molecule has 0 atom stereocenters. The highest BCUT2D eigenvalue weighted by atomic mass is 16.5. The minimum atomic E-state index is 0.564. The van der Waals surface area contributed by atoms with Gasteiger partial charge in [-0.2, -0.15) is 0 Å². The lowest BCUT2D eigenvalue weighted by atomic mass is 9.95. The highest BCUT2D eigenvalue weighted by molar-refractivity contribution is 5.97. The van der Waals surface area contributed by atoms with Crippen molar-refractivity contribution in [3.63, 3.8) is 0 Å². The lowest BCUT2D eigenvalue weighted by Crippen LogP contribution is -1.91. The van der Waals surface area contributed by atoms with E-state index in [9.17, 15) is 0 Å². The zero-order valence-corrected chi connectivity index (χ0v) is 17.3. The molecule has 5 heteroatoms. The zero-order valence-electron chi connectivity index (χ0n) is 17.3. The van der Waals surface area contributed by atoms with Gasteiger partial charge in [-0.15, -0.1) is 0 Å². The van der Waals surface area contributed by atoms with Gasteiger partial charge >= 0.3 is 0 Å². The summed E-state index contributed by atoms with van der Waals surface area (Å²) in [7, 11) is 1.72. The molecule has 4 aromatic rings. The Morgan fingerprint density at radius 3 is 2.59 bits per heavy atom. The Morgan fingerprint density at radius 1 is 1.10 bits per heavy atom. The molecule has 0 saturated heterocycles. The molecular formula is C24H25N3O2. The summed E-state index contributed by atoms with van der Waals surface area (Å²) in [6.07, 6.45) is 3.38. The molecule has 0 bridgehead atoms. The van der Waals surface area contributed by atoms with Crippen LogP contribution in [-0.4, -0.2) is 22.2 Å². The second-order valence-corrected chi connectivity index (χ2v) is 7.94. The molecule has 2 aromatic heterocycles. The highest BCUT2D eigenvalue weighted by Crippen LogP contribution is 2.42. The van der Waals surface area contributed by atoms with Crippen LogP contribution >= 0.6 is 0 Å². The van der Waals surface area contributed by atoms with Crippen LogP contribution in [0, 0.1) is 13.8 Å². The normalized spacial score (nSPS) is 13.9. The number of nitrogens with one attached hydrogen (secondary N) is 1. The molecule has 29 heavy (non-hydrogen) atoms. The second kappa shape index (κ2) is 6.76. The number of hydrogen-bond acceptors (Lipinski definition) is 4. The number of methoxy groups -OCH3 is 1. The lowest BCUT2D eigenvalue weighted by Gasteiger charge is -2.11. The largest absolute Gasteiger partial charge is 0.497 e. The third kappa shape index (κ3) is 3.11. The van der Waals surface area contributed by atoms with E-state index in [0.717, 1.165) is 62.7 Å². The van der Waals surface area contributed by atoms with Crippen molar-refractivity contribution in [2.75, 3.05) is 7.11 Å². The topological polar surface area (TPSA) is 63.9 Å². The Hall–Kier alpha value is -3.08. The van der Waals surface area contributed by atoms with E-state index in [1.54, 1.807) is 7.11 Å². The van der Waals surface area contributed by atoms with Crippen molar-refractivity contribution in [2.24, 2.45) is 0 Å². The van der Waals surface area contributed by atoms with Crippen molar-refractivity contribution in [1.29, 1.82) is 0 Å². The average molecular weight is 387 g/mol. The van der Waals surface area contributed by atoms with Crippen molar-refractivity contribution < 1.29 is 9.26 Å². The Bertz CT molecular complexity index is 1170. The fraction of sp³-hybridized carbons (Fsp3) is 0.333. The average Bonchev–Trinajstić information content (AvgIpc) is 3.41. The Kier molecular flexibility index (Phi) is 4.19. The number of H-pyrrole nitrogens is 1. The number of hydrogen-bond donors (Lipinski definition) is 1. The van der Waals surface area contributed by atoms with Crippen LogP contribution < -0.4 is 4.74 Å². The quantitative estimate of drug-likeness (QED) is 0.459. The monoisotopic (exact) mass is 387 g/mol. The van der Waals surface area contributed by atoms with E-state index < -0.39 is 0 Å². The number of ether oxygens (including phenoxy) is 1. The first-order valence-corrected chi connectivity index (χ1v) is 10.2. The maximum absolute atomic E-state index is 5.57. The van der Waals surface area contributed by atoms with E-state index in [1.807, 2.05) is 13.8 Å². The summed E-state index contributed by atoms with van der Waals surface area (Å²) in [6.45, 7) is 6.11. The van der Waals surface area contributed by atoms with Gasteiger partial charge in [-0.05, 0) is 74.1 Å². The molecule has 0 aliphatic heterocycles. The molecule has 0 radical (unpaired) electrons. The van der Waals surface area contributed by atoms with Crippen LogP contribution in [0.15, 0.2) is 34.9 Å². The first-order chi connectivity index (χ1) is 14.1. The number of fused-ring (bicyclic) bond motifs is 1. The minimum Gasteiger partial charge on any atom is -0.497 e. The Labute approximate surface area is 170 Å². The zero-order chi connectivity index (χ0) is 20.1. The van der Waals surface area contributed by atoms with Gasteiger partial charge in [0.1, 0.15) is 17.3 Å². The summed E-state index contributed by atoms with van der Waals surface area (Å²) >= 11 is 0. The third-order valence-corrected chi connectivity index (χ3v) is 5.81. The van der Waals surface area contributed by atoms with Gasteiger partial charge in [-0.1, -0.05) is 18.1 Å². The molecule has 148 valence electrons. The van der Waals surface area contributed by atoms with Gasteiger partial charge in [-0.25, -0.2) is 4.98 Å². The summed E-state index contributed by atoms with van der Waals surface area (Å²) in [4.78, 5) is 8.57. The SMILES string of the molecule is CCc1cc(OC)cc(-c2cc(-c3c(C)noc3C)cc3[nH]c(C4CC4)nc23)c1. The van der Waals surface area contributed by atoms with Gasteiger partial charge in [-0.3, -0.25) is 0 Å². The maximum Gasteiger partial charge on any atom is 0.141 e. The van der Waals surface area contributed by atoms with Crippen molar-refractivity contribution in [1.82, 2.24) is 15.1 Å². The molecule has 5 rings (SSSR count). The number of aromatic amines is 1. The predicted octanol–water partition coefficient (Wildman–Crippen LogP) is 5.95. The summed E-state index contributed by atoms with van der Waals surface area (Å²) in [5.41, 5.74) is 8.58. The molecule has 1 N–H and O–H groups in total. The van der Waals surface area contributed by atoms with Gasteiger partial charge < -0.3 is 14.2 Å². The fourth-order valence-electron chi connectivity index (χ4n) is 4.08. The molecule has 1 fully saturated rings. The molecule has 0 spiro atoms. The van der Waals surface area contributed by atoms with Crippen LogP contribution in [0.2, 0.25) is 0 Å². The van der Waals surface area contributed by atoms with Crippen LogP contribution in [0.5, 0.6) is 5.75 Å². The fourth-order valence-corrected chi connectivity index (χ4v) is 4.08. The molecule has 0 unspecified atom stereocenters. The lowest BCUT2D eigenvalue weighted by molar-refractivity contribution is 0.393. The summed E-state index contributed by atoms with van der Waals surface area (Å²) < 4.78 is 11.0. The van der Waals surface area contributed by atoms with Gasteiger partial charge in [0.15, 0.2) is 0 Å². The van der Waals surface area contributed by atoms with E-state index >= 15 is 0 Å². The van der Waals surface area contributed by atoms with Crippen LogP contribution in [0.1, 0.15) is 48.5 Å². The van der Waals surface area contributed by atoms with Gasteiger partial charge in [0, 0.05) is 17.0 Å². The number of rotatable bonds is 5. The van der Waals surface area contributed by atoms with E-state index in [0.29, 0.717) is 5.92 Å². The van der Waals surface area contributed by atoms with Gasteiger partial charge in [0.05, 0.1) is 23.8 Å². The van der Waals surface area contributed by atoms with Crippen molar-refractivity contribution in [2.45, 2.75) is 46.0 Å². The van der Waals surface area contributed by atoms with Crippen LogP contribution in [0.3, 0.4) is 0 Å². The Balaban J connectivity index is 1.79. The first-order valence-electron chi connectivity index (χ1n) is 10.2. The Morgan fingerprint density at radius 2 is 1.93 bits per heavy atom. The van der Waals surface area contributed by atoms with Crippen molar-refractivity contribution >= 4 is 11.0 Å². The van der Waals surface area contributed by atoms with E-state index in [1.165, 1.54) is 18.4 Å².